The molecule has 4 rings (SSSR count). The molecular weight excluding hydrogens is 316 g/mol. The zero-order valence-corrected chi connectivity index (χ0v) is 14.3. The highest BCUT2D eigenvalue weighted by atomic mass is 16.5. The Labute approximate surface area is 147 Å². The fourth-order valence-electron chi connectivity index (χ4n) is 3.67. The Balaban J connectivity index is 1.38. The van der Waals surface area contributed by atoms with Crippen molar-refractivity contribution in [2.24, 2.45) is 5.92 Å². The van der Waals surface area contributed by atoms with Gasteiger partial charge >= 0.3 is 0 Å². The summed E-state index contributed by atoms with van der Waals surface area (Å²) in [6.45, 7) is 3.28. The smallest absolute Gasteiger partial charge is 0.251 e. The van der Waals surface area contributed by atoms with Gasteiger partial charge in [0.05, 0.1) is 7.11 Å². The van der Waals surface area contributed by atoms with E-state index < -0.39 is 0 Å². The molecule has 25 heavy (non-hydrogen) atoms. The third-order valence-electron chi connectivity index (χ3n) is 5.04. The second kappa shape index (κ2) is 6.76. The molecule has 2 bridgehead atoms. The zero-order valence-electron chi connectivity index (χ0n) is 14.3. The van der Waals surface area contributed by atoms with Gasteiger partial charge in [-0.2, -0.15) is 0 Å². The first-order valence-electron chi connectivity index (χ1n) is 8.66. The number of rotatable bonds is 5. The summed E-state index contributed by atoms with van der Waals surface area (Å²) in [5.41, 5.74) is 0.663. The Morgan fingerprint density at radius 1 is 1.08 bits per heavy atom. The predicted molar refractivity (Wildman–Crippen MR) is 95.3 cm³/mol. The van der Waals surface area contributed by atoms with E-state index in [9.17, 15) is 4.79 Å². The summed E-state index contributed by atoms with van der Waals surface area (Å²) in [5, 5.41) is 3.17. The maximum absolute atomic E-state index is 12.4. The number of hydrogen-bond acceptors (Lipinski definition) is 4. The lowest BCUT2D eigenvalue weighted by molar-refractivity contribution is 0.0924. The summed E-state index contributed by atoms with van der Waals surface area (Å²) < 4.78 is 11.0. The number of hydrogen-bond donors (Lipinski definition) is 1. The van der Waals surface area contributed by atoms with Crippen LogP contribution < -0.4 is 14.8 Å². The molecule has 5 heteroatoms. The molecule has 2 saturated heterocycles. The van der Waals surface area contributed by atoms with Gasteiger partial charge in [-0.3, -0.25) is 4.79 Å². The lowest BCUT2D eigenvalue weighted by Crippen LogP contribution is -2.43. The minimum absolute atomic E-state index is 0.00770. The highest BCUT2D eigenvalue weighted by Crippen LogP contribution is 2.28. The molecule has 0 saturated carbocycles. The van der Waals surface area contributed by atoms with E-state index in [1.807, 2.05) is 36.4 Å². The molecule has 0 aromatic heterocycles. The summed E-state index contributed by atoms with van der Waals surface area (Å²) in [4.78, 5) is 14.9. The monoisotopic (exact) mass is 338 g/mol. The molecule has 130 valence electrons. The number of piperidine rings is 1. The van der Waals surface area contributed by atoms with Crippen LogP contribution >= 0.6 is 0 Å². The number of carbonyl (C=O) groups excluding carboxylic acids is 1. The maximum atomic E-state index is 12.4. The molecule has 0 radical (unpaired) electrons. The maximum Gasteiger partial charge on any atom is 0.251 e. The van der Waals surface area contributed by atoms with E-state index in [0.717, 1.165) is 18.8 Å². The number of carbonyl (C=O) groups is 1. The normalized spacial score (nSPS) is 24.1. The molecule has 2 heterocycles. The first-order chi connectivity index (χ1) is 12.2. The summed E-state index contributed by atoms with van der Waals surface area (Å²) in [6.07, 6.45) is 1.19. The number of fused-ring (bicyclic) bond motifs is 2. The minimum Gasteiger partial charge on any atom is -0.497 e. The van der Waals surface area contributed by atoms with Gasteiger partial charge in [0.25, 0.3) is 5.91 Å². The van der Waals surface area contributed by atoms with E-state index in [1.54, 1.807) is 19.2 Å². The van der Waals surface area contributed by atoms with Crippen molar-refractivity contribution in [2.75, 3.05) is 26.7 Å². The van der Waals surface area contributed by atoms with Gasteiger partial charge in [-0.05, 0) is 55.3 Å². The second-order valence-electron chi connectivity index (χ2n) is 6.69. The van der Waals surface area contributed by atoms with E-state index in [0.29, 0.717) is 23.0 Å². The molecule has 2 fully saturated rings. The van der Waals surface area contributed by atoms with E-state index in [4.69, 9.17) is 9.47 Å². The molecule has 2 aromatic carbocycles. The number of amides is 1. The van der Waals surface area contributed by atoms with Crippen LogP contribution in [0, 0.1) is 5.92 Å². The van der Waals surface area contributed by atoms with Crippen LogP contribution in [0.4, 0.5) is 0 Å². The van der Waals surface area contributed by atoms with Gasteiger partial charge in [0, 0.05) is 30.8 Å². The Morgan fingerprint density at radius 3 is 2.56 bits per heavy atom. The van der Waals surface area contributed by atoms with E-state index in [1.165, 1.54) is 13.0 Å². The lowest BCUT2D eigenvalue weighted by Gasteiger charge is -2.23. The highest BCUT2D eigenvalue weighted by Gasteiger charge is 2.38. The SMILES string of the molecule is COc1cccc(Oc2ccc(C(=O)NC3CN4CC[C@H]3C4)cc2)c1. The molecule has 2 unspecified atom stereocenters. The topological polar surface area (TPSA) is 50.8 Å². The van der Waals surface area contributed by atoms with Crippen LogP contribution in [0.15, 0.2) is 48.5 Å². The summed E-state index contributed by atoms with van der Waals surface area (Å²) in [6, 6.07) is 15.0. The van der Waals surface area contributed by atoms with Crippen molar-refractivity contribution >= 4 is 5.91 Å². The third kappa shape index (κ3) is 3.46. The fraction of sp³-hybridized carbons (Fsp3) is 0.350. The molecule has 2 aliphatic rings. The number of nitrogens with one attached hydrogen (secondary N) is 1. The Kier molecular flexibility index (Phi) is 4.32. The van der Waals surface area contributed by atoms with Crippen LogP contribution in [-0.2, 0) is 0 Å². The van der Waals surface area contributed by atoms with Crippen molar-refractivity contribution in [3.05, 3.63) is 54.1 Å². The standard InChI is InChI=1S/C20H22N2O3/c1-24-17-3-2-4-18(11-17)25-16-7-5-14(6-8-16)20(23)21-19-13-22-10-9-15(19)12-22/h2-8,11,15,19H,9-10,12-13H2,1H3,(H,21,23)/t15-,19?/m0/s1. The summed E-state index contributed by atoms with van der Waals surface area (Å²) in [7, 11) is 1.62. The molecule has 0 aliphatic carbocycles. The van der Waals surface area contributed by atoms with E-state index in [-0.39, 0.29) is 11.9 Å². The van der Waals surface area contributed by atoms with Gasteiger partial charge in [0.2, 0.25) is 0 Å². The van der Waals surface area contributed by atoms with Crippen molar-refractivity contribution in [2.45, 2.75) is 12.5 Å². The zero-order chi connectivity index (χ0) is 17.2. The van der Waals surface area contributed by atoms with Crippen molar-refractivity contribution < 1.29 is 14.3 Å². The van der Waals surface area contributed by atoms with Crippen molar-refractivity contribution in [3.63, 3.8) is 0 Å². The molecule has 2 aliphatic heterocycles. The van der Waals surface area contributed by atoms with Crippen LogP contribution in [-0.4, -0.2) is 43.6 Å². The predicted octanol–water partition coefficient (Wildman–Crippen LogP) is 2.92. The van der Waals surface area contributed by atoms with Crippen molar-refractivity contribution in [3.8, 4) is 17.2 Å². The van der Waals surface area contributed by atoms with Crippen LogP contribution in [0.25, 0.3) is 0 Å². The molecule has 3 atom stereocenters. The number of methoxy groups -OCH3 is 1. The van der Waals surface area contributed by atoms with E-state index >= 15 is 0 Å². The quantitative estimate of drug-likeness (QED) is 0.911. The van der Waals surface area contributed by atoms with Crippen molar-refractivity contribution in [1.82, 2.24) is 10.2 Å². The Morgan fingerprint density at radius 2 is 1.88 bits per heavy atom. The molecule has 0 spiro atoms. The Hall–Kier alpha value is -2.53. The van der Waals surface area contributed by atoms with Gasteiger partial charge in [-0.25, -0.2) is 0 Å². The van der Waals surface area contributed by atoms with Crippen LogP contribution in [0.5, 0.6) is 17.2 Å². The number of benzene rings is 2. The molecular formula is C20H22N2O3. The Bertz CT molecular complexity index is 760. The first-order valence-corrected chi connectivity index (χ1v) is 8.66. The number of ether oxygens (including phenoxy) is 2. The largest absolute Gasteiger partial charge is 0.497 e. The molecule has 1 N–H and O–H groups in total. The first kappa shape index (κ1) is 16.0. The van der Waals surface area contributed by atoms with Gasteiger partial charge in [0.15, 0.2) is 0 Å². The van der Waals surface area contributed by atoms with Gasteiger partial charge in [0.1, 0.15) is 17.2 Å². The molecule has 2 aromatic rings. The van der Waals surface area contributed by atoms with Crippen LogP contribution in [0.1, 0.15) is 16.8 Å². The van der Waals surface area contributed by atoms with Gasteiger partial charge < -0.3 is 19.7 Å². The minimum atomic E-state index is -0.00770. The fourth-order valence-corrected chi connectivity index (χ4v) is 3.67. The summed E-state index contributed by atoms with van der Waals surface area (Å²) >= 11 is 0. The lowest BCUT2D eigenvalue weighted by atomic mass is 9.99. The van der Waals surface area contributed by atoms with Gasteiger partial charge in [-0.15, -0.1) is 0 Å². The second-order valence-corrected chi connectivity index (χ2v) is 6.69. The van der Waals surface area contributed by atoms with Gasteiger partial charge in [-0.1, -0.05) is 6.07 Å². The van der Waals surface area contributed by atoms with E-state index in [2.05, 4.69) is 10.2 Å². The highest BCUT2D eigenvalue weighted by molar-refractivity contribution is 5.94. The van der Waals surface area contributed by atoms with Crippen molar-refractivity contribution in [1.29, 1.82) is 0 Å². The third-order valence-corrected chi connectivity index (χ3v) is 5.04. The number of nitrogens with zero attached hydrogens (tertiary/aromatic N) is 1. The van der Waals surface area contributed by atoms with Crippen LogP contribution in [0.3, 0.4) is 0 Å². The average molecular weight is 338 g/mol. The average Bonchev–Trinajstić information content (AvgIpc) is 3.25. The molecule has 5 nitrogen and oxygen atoms in total. The summed E-state index contributed by atoms with van der Waals surface area (Å²) in [5.74, 6) is 2.74. The van der Waals surface area contributed by atoms with Crippen LogP contribution in [0.2, 0.25) is 0 Å². The molecule has 1 amide bonds.